The van der Waals surface area contributed by atoms with Gasteiger partial charge in [0.25, 0.3) is 0 Å². The van der Waals surface area contributed by atoms with Crippen LogP contribution >= 0.6 is 7.92 Å². The van der Waals surface area contributed by atoms with Gasteiger partial charge in [0.1, 0.15) is 0 Å². The molecule has 0 unspecified atom stereocenters. The molecule has 0 N–H and O–H groups in total. The molecular weight excluding hydrogens is 531 g/mol. The third-order valence-electron chi connectivity index (χ3n) is 3.04. The van der Waals surface area contributed by atoms with Crippen LogP contribution in [0.4, 0.5) is 0 Å². The molecule has 0 radical (unpaired) electrons. The average molecular weight is 546 g/mol. The molecule has 0 aliphatic carbocycles. The SMILES string of the molecule is [Cl-].[Cl-].[Cl-].[Cl-].[Cl-].[Pd].c1ccc(P(c2ccccc2)c2ccccc2)cc1. The number of hydrogen-bond acceptors (Lipinski definition) is 0. The molecule has 0 amide bonds. The van der Waals surface area contributed by atoms with Crippen LogP contribution in [0.15, 0.2) is 91.0 Å². The predicted molar refractivity (Wildman–Crippen MR) is 85.1 cm³/mol. The van der Waals surface area contributed by atoms with E-state index in [4.69, 9.17) is 0 Å². The largest absolute Gasteiger partial charge is 1.00 e. The van der Waals surface area contributed by atoms with Crippen molar-refractivity contribution in [3.8, 4) is 0 Å². The minimum atomic E-state index is -0.446. The van der Waals surface area contributed by atoms with Gasteiger partial charge in [0.15, 0.2) is 0 Å². The van der Waals surface area contributed by atoms with Crippen molar-refractivity contribution >= 4 is 23.8 Å². The molecule has 0 spiro atoms. The van der Waals surface area contributed by atoms with Gasteiger partial charge in [-0.1, -0.05) is 91.0 Å². The first kappa shape index (κ1) is 32.8. The maximum Gasteiger partial charge on any atom is 0 e. The maximum atomic E-state index is 2.23. The Bertz CT molecular complexity index is 547. The Labute approximate surface area is 196 Å². The zero-order valence-corrected chi connectivity index (χ0v) is 19.0. The molecule has 25 heavy (non-hydrogen) atoms. The van der Waals surface area contributed by atoms with E-state index in [1.165, 1.54) is 15.9 Å². The molecule has 0 aromatic heterocycles. The first-order valence-electron chi connectivity index (χ1n) is 6.40. The number of rotatable bonds is 3. The second-order valence-corrected chi connectivity index (χ2v) is 6.56. The van der Waals surface area contributed by atoms with Gasteiger partial charge in [-0.15, -0.1) is 0 Å². The molecule has 0 aliphatic heterocycles. The molecule has 3 aromatic carbocycles. The van der Waals surface area contributed by atoms with Crippen LogP contribution in [0.3, 0.4) is 0 Å². The van der Waals surface area contributed by atoms with Crippen LogP contribution in [0.25, 0.3) is 0 Å². The van der Waals surface area contributed by atoms with Crippen LogP contribution < -0.4 is 77.9 Å². The third-order valence-corrected chi connectivity index (χ3v) is 5.49. The van der Waals surface area contributed by atoms with Crippen molar-refractivity contribution in [1.82, 2.24) is 0 Å². The topological polar surface area (TPSA) is 0 Å². The molecule has 0 saturated heterocycles. The second-order valence-electron chi connectivity index (χ2n) is 4.34. The molecule has 0 fully saturated rings. The summed E-state index contributed by atoms with van der Waals surface area (Å²) in [4.78, 5) is 0. The minimum absolute atomic E-state index is 0. The predicted octanol–water partition coefficient (Wildman–Crippen LogP) is -11.5. The molecule has 3 aromatic rings. The van der Waals surface area contributed by atoms with Crippen molar-refractivity contribution in [2.75, 3.05) is 0 Å². The van der Waals surface area contributed by atoms with Crippen LogP contribution in [0.1, 0.15) is 0 Å². The van der Waals surface area contributed by atoms with Gasteiger partial charge in [0.05, 0.1) is 0 Å². The summed E-state index contributed by atoms with van der Waals surface area (Å²) in [6, 6.07) is 32.3. The summed E-state index contributed by atoms with van der Waals surface area (Å²) in [7, 11) is -0.446. The van der Waals surface area contributed by atoms with E-state index in [1.54, 1.807) is 0 Å². The van der Waals surface area contributed by atoms with E-state index >= 15 is 0 Å². The van der Waals surface area contributed by atoms with Crippen molar-refractivity contribution in [3.63, 3.8) is 0 Å². The molecule has 0 aliphatic rings. The van der Waals surface area contributed by atoms with E-state index in [9.17, 15) is 0 Å². The molecular formula is C18H15Cl5PPd-5. The molecule has 0 bridgehead atoms. The maximum absolute atomic E-state index is 2.23. The van der Waals surface area contributed by atoms with Gasteiger partial charge >= 0.3 is 0 Å². The fraction of sp³-hybridized carbons (Fsp3) is 0. The number of benzene rings is 3. The van der Waals surface area contributed by atoms with E-state index in [-0.39, 0.29) is 82.5 Å². The Morgan fingerprint density at radius 1 is 0.360 bits per heavy atom. The van der Waals surface area contributed by atoms with Crippen LogP contribution in [-0.2, 0) is 20.4 Å². The summed E-state index contributed by atoms with van der Waals surface area (Å²) < 4.78 is 0. The zero-order chi connectivity index (χ0) is 12.9. The first-order chi connectivity index (χ1) is 9.45. The van der Waals surface area contributed by atoms with Crippen LogP contribution in [0.5, 0.6) is 0 Å². The molecule has 0 saturated carbocycles. The van der Waals surface area contributed by atoms with Crippen LogP contribution in [-0.4, -0.2) is 0 Å². The van der Waals surface area contributed by atoms with Gasteiger partial charge in [0.2, 0.25) is 0 Å². The molecule has 3 rings (SSSR count). The van der Waals surface area contributed by atoms with Crippen molar-refractivity contribution < 1.29 is 82.5 Å². The Kier molecular flexibility index (Phi) is 23.1. The van der Waals surface area contributed by atoms with E-state index < -0.39 is 7.92 Å². The Morgan fingerprint density at radius 3 is 0.760 bits per heavy atom. The molecule has 0 heterocycles. The summed E-state index contributed by atoms with van der Waals surface area (Å²) >= 11 is 0. The quantitative estimate of drug-likeness (QED) is 0.227. The Balaban J connectivity index is -0.000000367. The fourth-order valence-corrected chi connectivity index (χ4v) is 4.48. The Morgan fingerprint density at radius 2 is 0.560 bits per heavy atom. The second kappa shape index (κ2) is 17.6. The molecule has 7 heteroatoms. The van der Waals surface area contributed by atoms with Gasteiger partial charge in [0, 0.05) is 20.4 Å². The molecule has 142 valence electrons. The summed E-state index contributed by atoms with van der Waals surface area (Å²) in [5.74, 6) is 0. The van der Waals surface area contributed by atoms with Crippen molar-refractivity contribution in [3.05, 3.63) is 91.0 Å². The van der Waals surface area contributed by atoms with Gasteiger partial charge in [-0.3, -0.25) is 0 Å². The monoisotopic (exact) mass is 543 g/mol. The summed E-state index contributed by atoms with van der Waals surface area (Å²) in [5, 5.41) is 4.19. The van der Waals surface area contributed by atoms with Gasteiger partial charge in [-0.05, 0) is 23.8 Å². The van der Waals surface area contributed by atoms with E-state index in [1.807, 2.05) is 0 Å². The standard InChI is InChI=1S/C18H15P.5ClH.Pd/c1-4-10-16(11-5-1)19(17-12-6-2-7-13-17)18-14-8-3-9-15-18;;;;;;/h1-15H;5*1H;/p-5. The summed E-state index contributed by atoms with van der Waals surface area (Å²) in [5.41, 5.74) is 0. The van der Waals surface area contributed by atoms with E-state index in [2.05, 4.69) is 91.0 Å². The summed E-state index contributed by atoms with van der Waals surface area (Å²) in [6.45, 7) is 0. The molecule has 0 nitrogen and oxygen atoms in total. The normalized spacial score (nSPS) is 8.04. The van der Waals surface area contributed by atoms with Gasteiger partial charge < -0.3 is 62.0 Å². The number of hydrogen-bond donors (Lipinski definition) is 0. The summed E-state index contributed by atoms with van der Waals surface area (Å²) in [6.07, 6.45) is 0. The van der Waals surface area contributed by atoms with E-state index in [0.717, 1.165) is 0 Å². The van der Waals surface area contributed by atoms with Crippen molar-refractivity contribution in [1.29, 1.82) is 0 Å². The van der Waals surface area contributed by atoms with Crippen molar-refractivity contribution in [2.24, 2.45) is 0 Å². The first-order valence-corrected chi connectivity index (χ1v) is 7.74. The Hall–Kier alpha value is 0.202. The number of halogens is 5. The van der Waals surface area contributed by atoms with Crippen LogP contribution in [0, 0.1) is 0 Å². The third kappa shape index (κ3) is 9.10. The smallest absolute Gasteiger partial charge is 0 e. The average Bonchev–Trinajstić information content (AvgIpc) is 2.51. The van der Waals surface area contributed by atoms with Crippen LogP contribution in [0.2, 0.25) is 0 Å². The zero-order valence-electron chi connectivity index (χ0n) is 12.8. The minimum Gasteiger partial charge on any atom is -1.00 e. The van der Waals surface area contributed by atoms with Gasteiger partial charge in [-0.2, -0.15) is 0 Å². The van der Waals surface area contributed by atoms with Gasteiger partial charge in [-0.25, -0.2) is 0 Å². The molecule has 0 atom stereocenters. The fourth-order valence-electron chi connectivity index (χ4n) is 2.18. The van der Waals surface area contributed by atoms with E-state index in [0.29, 0.717) is 0 Å². The van der Waals surface area contributed by atoms with Crippen molar-refractivity contribution in [2.45, 2.75) is 0 Å².